The Morgan fingerprint density at radius 1 is 1.03 bits per heavy atom. The fourth-order valence-electron chi connectivity index (χ4n) is 4.34. The van der Waals surface area contributed by atoms with Gasteiger partial charge in [0.15, 0.2) is 5.82 Å². The minimum absolute atomic E-state index is 0.0288. The number of hydrogen-bond donors (Lipinski definition) is 2. The summed E-state index contributed by atoms with van der Waals surface area (Å²) >= 11 is 6.15. The van der Waals surface area contributed by atoms with Crippen molar-refractivity contribution in [3.63, 3.8) is 0 Å². The molecule has 2 N–H and O–H groups in total. The number of aryl methyl sites for hydroxylation is 1. The van der Waals surface area contributed by atoms with Gasteiger partial charge in [-0.3, -0.25) is 19.1 Å². The first-order valence-electron chi connectivity index (χ1n) is 12.3. The molecule has 0 radical (unpaired) electrons. The first-order chi connectivity index (χ1) is 17.9. The number of benzene rings is 2. The lowest BCUT2D eigenvalue weighted by Crippen LogP contribution is -2.27. The summed E-state index contributed by atoms with van der Waals surface area (Å²) < 4.78 is 7.46. The first-order valence-corrected chi connectivity index (χ1v) is 12.7. The minimum atomic E-state index is -0.537. The largest absolute Gasteiger partial charge is 0.497 e. The standard InChI is InChI=1S/C27H31ClN6O3/c1-17-32-33-27-23(16-25(36)30-14-6-4-5-13-29-18(2)35)31-26(19-7-9-20(28)10-8-19)22-15-21(37-3)11-12-24(22)34(17)27/h7-12,15,23H,4-6,13-14,16H2,1-3H3,(H,29,35)(H,30,36)/t23-/m0/s1. The molecule has 194 valence electrons. The molecule has 0 fully saturated rings. The lowest BCUT2D eigenvalue weighted by molar-refractivity contribution is -0.121. The molecule has 37 heavy (non-hydrogen) atoms. The van der Waals surface area contributed by atoms with Gasteiger partial charge in [0.1, 0.15) is 17.6 Å². The lowest BCUT2D eigenvalue weighted by Gasteiger charge is -2.14. The van der Waals surface area contributed by atoms with Crippen molar-refractivity contribution in [2.45, 2.75) is 45.6 Å². The molecular formula is C27H31ClN6O3. The third kappa shape index (κ3) is 6.35. The number of halogens is 1. The van der Waals surface area contributed by atoms with Gasteiger partial charge in [0.05, 0.1) is 24.9 Å². The monoisotopic (exact) mass is 522 g/mol. The third-order valence-corrected chi connectivity index (χ3v) is 6.43. The van der Waals surface area contributed by atoms with Crippen molar-refractivity contribution in [3.8, 4) is 11.4 Å². The molecule has 0 unspecified atom stereocenters. The first kappa shape index (κ1) is 26.3. The quantitative estimate of drug-likeness (QED) is 0.392. The van der Waals surface area contributed by atoms with E-state index < -0.39 is 6.04 Å². The van der Waals surface area contributed by atoms with Gasteiger partial charge in [-0.1, -0.05) is 23.7 Å². The van der Waals surface area contributed by atoms with Crippen LogP contribution in [0.3, 0.4) is 0 Å². The second-order valence-corrected chi connectivity index (χ2v) is 9.36. The molecule has 0 saturated carbocycles. The maximum atomic E-state index is 12.9. The number of fused-ring (bicyclic) bond motifs is 3. The number of ether oxygens (including phenoxy) is 1. The Kier molecular flexibility index (Phi) is 8.55. The Hall–Kier alpha value is -3.72. The van der Waals surface area contributed by atoms with Gasteiger partial charge in [0.25, 0.3) is 0 Å². The van der Waals surface area contributed by atoms with Gasteiger partial charge in [-0.15, -0.1) is 10.2 Å². The fraction of sp³-hybridized carbons (Fsp3) is 0.370. The fourth-order valence-corrected chi connectivity index (χ4v) is 4.47. The van der Waals surface area contributed by atoms with Crippen molar-refractivity contribution in [3.05, 3.63) is 70.3 Å². The normalized spacial score (nSPS) is 14.2. The van der Waals surface area contributed by atoms with Crippen LogP contribution in [0.4, 0.5) is 0 Å². The predicted molar refractivity (Wildman–Crippen MR) is 143 cm³/mol. The van der Waals surface area contributed by atoms with Crippen LogP contribution < -0.4 is 15.4 Å². The van der Waals surface area contributed by atoms with E-state index >= 15 is 0 Å². The molecule has 9 nitrogen and oxygen atoms in total. The van der Waals surface area contributed by atoms with Gasteiger partial charge < -0.3 is 15.4 Å². The zero-order chi connectivity index (χ0) is 26.4. The molecule has 1 aliphatic heterocycles. The molecule has 1 aromatic heterocycles. The molecule has 2 amide bonds. The van der Waals surface area contributed by atoms with Crippen LogP contribution in [0.1, 0.15) is 61.4 Å². The van der Waals surface area contributed by atoms with Gasteiger partial charge >= 0.3 is 0 Å². The van der Waals surface area contributed by atoms with E-state index in [1.807, 2.05) is 54.0 Å². The summed E-state index contributed by atoms with van der Waals surface area (Å²) in [5, 5.41) is 15.1. The van der Waals surface area contributed by atoms with Crippen LogP contribution in [-0.4, -0.2) is 52.5 Å². The molecule has 0 aliphatic carbocycles. The average molecular weight is 523 g/mol. The number of amides is 2. The Bertz CT molecular complexity index is 1300. The Morgan fingerprint density at radius 3 is 2.46 bits per heavy atom. The summed E-state index contributed by atoms with van der Waals surface area (Å²) in [4.78, 5) is 29.0. The van der Waals surface area contributed by atoms with E-state index in [4.69, 9.17) is 21.3 Å². The average Bonchev–Trinajstić information content (AvgIpc) is 3.20. The van der Waals surface area contributed by atoms with Crippen molar-refractivity contribution in [2.75, 3.05) is 20.2 Å². The van der Waals surface area contributed by atoms with Crippen molar-refractivity contribution in [1.82, 2.24) is 25.4 Å². The molecule has 0 spiro atoms. The molecule has 2 heterocycles. The van der Waals surface area contributed by atoms with Crippen molar-refractivity contribution < 1.29 is 14.3 Å². The molecular weight excluding hydrogens is 492 g/mol. The Morgan fingerprint density at radius 2 is 1.76 bits per heavy atom. The van der Waals surface area contributed by atoms with Gasteiger partial charge in [-0.05, 0) is 56.5 Å². The van der Waals surface area contributed by atoms with Crippen LogP contribution >= 0.6 is 11.6 Å². The SMILES string of the molecule is COc1ccc2c(c1)C(c1ccc(Cl)cc1)=N[C@@H](CC(=O)NCCCCCNC(C)=O)c1nnc(C)n1-2. The molecule has 2 aromatic carbocycles. The van der Waals surface area contributed by atoms with Gasteiger partial charge in [-0.2, -0.15) is 0 Å². The molecule has 0 saturated heterocycles. The highest BCUT2D eigenvalue weighted by Gasteiger charge is 2.30. The summed E-state index contributed by atoms with van der Waals surface area (Å²) in [5.41, 5.74) is 3.33. The van der Waals surface area contributed by atoms with Crippen molar-refractivity contribution in [1.29, 1.82) is 0 Å². The topological polar surface area (TPSA) is 110 Å². The number of carbonyl (C=O) groups is 2. The maximum Gasteiger partial charge on any atom is 0.222 e. The van der Waals surface area contributed by atoms with E-state index in [0.717, 1.165) is 41.8 Å². The van der Waals surface area contributed by atoms with Crippen LogP contribution in [0.2, 0.25) is 5.02 Å². The maximum absolute atomic E-state index is 12.9. The van der Waals surface area contributed by atoms with E-state index in [0.29, 0.717) is 35.5 Å². The van der Waals surface area contributed by atoms with Gasteiger partial charge in [-0.25, -0.2) is 0 Å². The molecule has 3 aromatic rings. The molecule has 1 atom stereocenters. The number of nitrogens with zero attached hydrogens (tertiary/aromatic N) is 4. The van der Waals surface area contributed by atoms with Crippen LogP contribution in [-0.2, 0) is 9.59 Å². The summed E-state index contributed by atoms with van der Waals surface area (Å²) in [6.45, 7) is 4.60. The van der Waals surface area contributed by atoms with Crippen molar-refractivity contribution >= 4 is 29.1 Å². The summed E-state index contributed by atoms with van der Waals surface area (Å²) in [6, 6.07) is 12.7. The number of nitrogens with one attached hydrogen (secondary N) is 2. The van der Waals surface area contributed by atoms with E-state index in [9.17, 15) is 9.59 Å². The molecule has 1 aliphatic rings. The van der Waals surface area contributed by atoms with E-state index in [-0.39, 0.29) is 18.2 Å². The van der Waals surface area contributed by atoms with Crippen molar-refractivity contribution in [2.24, 2.45) is 4.99 Å². The molecule has 0 bridgehead atoms. The number of aromatic nitrogens is 3. The number of aliphatic imine (C=N–C) groups is 1. The highest BCUT2D eigenvalue weighted by molar-refractivity contribution is 6.30. The number of methoxy groups -OCH3 is 1. The van der Waals surface area contributed by atoms with E-state index in [2.05, 4.69) is 20.8 Å². The Labute approximate surface area is 221 Å². The van der Waals surface area contributed by atoms with E-state index in [1.165, 1.54) is 6.92 Å². The van der Waals surface area contributed by atoms with Crippen LogP contribution in [0.15, 0.2) is 47.5 Å². The second kappa shape index (κ2) is 12.0. The molecule has 10 heteroatoms. The number of rotatable bonds is 10. The molecule has 4 rings (SSSR count). The van der Waals surface area contributed by atoms with Crippen LogP contribution in [0, 0.1) is 6.92 Å². The smallest absolute Gasteiger partial charge is 0.222 e. The number of unbranched alkanes of at least 4 members (excludes halogenated alkanes) is 2. The lowest BCUT2D eigenvalue weighted by atomic mass is 10.00. The van der Waals surface area contributed by atoms with Gasteiger partial charge in [0.2, 0.25) is 11.8 Å². The summed E-state index contributed by atoms with van der Waals surface area (Å²) in [6.07, 6.45) is 2.74. The second-order valence-electron chi connectivity index (χ2n) is 8.92. The highest BCUT2D eigenvalue weighted by atomic mass is 35.5. The van der Waals surface area contributed by atoms with Crippen LogP contribution in [0.5, 0.6) is 5.75 Å². The van der Waals surface area contributed by atoms with E-state index in [1.54, 1.807) is 7.11 Å². The zero-order valence-corrected chi connectivity index (χ0v) is 22.0. The highest BCUT2D eigenvalue weighted by Crippen LogP contribution is 2.34. The third-order valence-electron chi connectivity index (χ3n) is 6.18. The summed E-state index contributed by atoms with van der Waals surface area (Å²) in [7, 11) is 1.62. The zero-order valence-electron chi connectivity index (χ0n) is 21.3. The Balaban J connectivity index is 1.59. The predicted octanol–water partition coefficient (Wildman–Crippen LogP) is 3.94. The number of carbonyl (C=O) groups excluding carboxylic acids is 2. The van der Waals surface area contributed by atoms with Gasteiger partial charge in [0, 0.05) is 36.2 Å². The number of hydrogen-bond acceptors (Lipinski definition) is 6. The minimum Gasteiger partial charge on any atom is -0.497 e. The van der Waals surface area contributed by atoms with Crippen LogP contribution in [0.25, 0.3) is 5.69 Å². The summed E-state index contributed by atoms with van der Waals surface area (Å²) in [5.74, 6) is 1.87.